The summed E-state index contributed by atoms with van der Waals surface area (Å²) in [5.74, 6) is 1.03. The molecule has 1 aromatic heterocycles. The highest BCUT2D eigenvalue weighted by atomic mass is 79.9. The molecule has 0 atom stereocenters. The van der Waals surface area contributed by atoms with Crippen molar-refractivity contribution in [1.29, 1.82) is 0 Å². The molecule has 1 N–H and O–H groups in total. The molecule has 0 unspecified atom stereocenters. The second-order valence-electron chi connectivity index (χ2n) is 5.90. The maximum atomic E-state index is 4.54. The molecule has 3 nitrogen and oxygen atoms in total. The molecule has 2 aliphatic rings. The molecule has 18 heavy (non-hydrogen) atoms. The molecule has 2 saturated carbocycles. The number of hydrogen-bond acceptors (Lipinski definition) is 2. The van der Waals surface area contributed by atoms with Crippen LogP contribution in [0.5, 0.6) is 0 Å². The first kappa shape index (κ1) is 12.7. The van der Waals surface area contributed by atoms with Crippen LogP contribution in [0.25, 0.3) is 0 Å². The van der Waals surface area contributed by atoms with Gasteiger partial charge in [0.15, 0.2) is 0 Å². The molecular weight excluding hydrogens is 290 g/mol. The molecular formula is C14H22BrN3. The van der Waals surface area contributed by atoms with Crippen molar-refractivity contribution in [2.24, 2.45) is 11.3 Å². The average Bonchev–Trinajstić information content (AvgIpc) is 3.23. The van der Waals surface area contributed by atoms with Gasteiger partial charge in [0.2, 0.25) is 0 Å². The Labute approximate surface area is 117 Å². The molecule has 0 bridgehead atoms. The van der Waals surface area contributed by atoms with Gasteiger partial charge in [-0.3, -0.25) is 4.68 Å². The Morgan fingerprint density at radius 1 is 1.44 bits per heavy atom. The van der Waals surface area contributed by atoms with E-state index < -0.39 is 0 Å². The van der Waals surface area contributed by atoms with Crippen molar-refractivity contribution in [3.63, 3.8) is 0 Å². The van der Waals surface area contributed by atoms with Gasteiger partial charge in [0.1, 0.15) is 0 Å². The SMILES string of the molecule is CCn1nc(C)c(Br)c1CNCC1(C2CC2)CC1. The van der Waals surface area contributed by atoms with E-state index in [1.54, 1.807) is 0 Å². The molecule has 4 heteroatoms. The Kier molecular flexibility index (Phi) is 3.27. The topological polar surface area (TPSA) is 29.9 Å². The molecule has 1 heterocycles. The highest BCUT2D eigenvalue weighted by Gasteiger charge is 2.53. The van der Waals surface area contributed by atoms with Gasteiger partial charge in [-0.2, -0.15) is 5.10 Å². The molecule has 0 aliphatic heterocycles. The summed E-state index contributed by atoms with van der Waals surface area (Å²) in [6.45, 7) is 7.28. The number of halogens is 1. The third-order valence-corrected chi connectivity index (χ3v) is 5.59. The second kappa shape index (κ2) is 4.64. The van der Waals surface area contributed by atoms with E-state index >= 15 is 0 Å². The largest absolute Gasteiger partial charge is 0.311 e. The number of rotatable bonds is 6. The zero-order valence-electron chi connectivity index (χ0n) is 11.3. The molecule has 1 aromatic rings. The van der Waals surface area contributed by atoms with Crippen molar-refractivity contribution in [3.8, 4) is 0 Å². The molecule has 0 saturated heterocycles. The summed E-state index contributed by atoms with van der Waals surface area (Å²) in [4.78, 5) is 0. The minimum atomic E-state index is 0.679. The molecule has 0 amide bonds. The van der Waals surface area contributed by atoms with Crippen LogP contribution in [0.3, 0.4) is 0 Å². The van der Waals surface area contributed by atoms with E-state index in [-0.39, 0.29) is 0 Å². The van der Waals surface area contributed by atoms with Crippen LogP contribution < -0.4 is 5.32 Å². The Morgan fingerprint density at radius 3 is 2.72 bits per heavy atom. The van der Waals surface area contributed by atoms with Crippen LogP contribution in [0.15, 0.2) is 4.47 Å². The van der Waals surface area contributed by atoms with Crippen molar-refractivity contribution < 1.29 is 0 Å². The Balaban J connectivity index is 1.59. The predicted molar refractivity (Wildman–Crippen MR) is 76.4 cm³/mol. The minimum Gasteiger partial charge on any atom is -0.311 e. The van der Waals surface area contributed by atoms with Gasteiger partial charge in [0.25, 0.3) is 0 Å². The monoisotopic (exact) mass is 311 g/mol. The number of aryl methyl sites for hydroxylation is 2. The van der Waals surface area contributed by atoms with Crippen molar-refractivity contribution >= 4 is 15.9 Å². The van der Waals surface area contributed by atoms with E-state index in [4.69, 9.17) is 0 Å². The normalized spacial score (nSPS) is 21.3. The lowest BCUT2D eigenvalue weighted by Gasteiger charge is -2.15. The van der Waals surface area contributed by atoms with Gasteiger partial charge in [-0.1, -0.05) is 0 Å². The summed E-state index contributed by atoms with van der Waals surface area (Å²) in [6, 6.07) is 0. The maximum absolute atomic E-state index is 4.54. The summed E-state index contributed by atoms with van der Waals surface area (Å²) in [5.41, 5.74) is 3.07. The summed E-state index contributed by atoms with van der Waals surface area (Å²) in [6.07, 6.45) is 5.82. The molecule has 3 rings (SSSR count). The third-order valence-electron chi connectivity index (χ3n) is 4.56. The Bertz CT molecular complexity index is 444. The summed E-state index contributed by atoms with van der Waals surface area (Å²) >= 11 is 3.66. The van der Waals surface area contributed by atoms with Gasteiger partial charge >= 0.3 is 0 Å². The zero-order valence-corrected chi connectivity index (χ0v) is 12.9. The summed E-state index contributed by atoms with van der Waals surface area (Å²) in [7, 11) is 0. The van der Waals surface area contributed by atoms with Crippen LogP contribution in [0.1, 0.15) is 44.0 Å². The average molecular weight is 312 g/mol. The van der Waals surface area contributed by atoms with Gasteiger partial charge in [-0.15, -0.1) is 0 Å². The molecule has 2 aliphatic carbocycles. The lowest BCUT2D eigenvalue weighted by atomic mass is 10.0. The lowest BCUT2D eigenvalue weighted by Crippen LogP contribution is -2.26. The van der Waals surface area contributed by atoms with Crippen LogP contribution >= 0.6 is 15.9 Å². The van der Waals surface area contributed by atoms with Gasteiger partial charge in [0, 0.05) is 19.6 Å². The quantitative estimate of drug-likeness (QED) is 0.874. The summed E-state index contributed by atoms with van der Waals surface area (Å²) in [5, 5.41) is 8.20. The fourth-order valence-electron chi connectivity index (χ4n) is 3.05. The smallest absolute Gasteiger partial charge is 0.0739 e. The van der Waals surface area contributed by atoms with Crippen LogP contribution in [0, 0.1) is 18.3 Å². The maximum Gasteiger partial charge on any atom is 0.0739 e. The standard InChI is InChI=1S/C14H22BrN3/c1-3-18-12(13(15)10(2)17-18)8-16-9-14(6-7-14)11-4-5-11/h11,16H,3-9H2,1-2H3. The summed E-state index contributed by atoms with van der Waals surface area (Å²) < 4.78 is 3.27. The van der Waals surface area contributed by atoms with Gasteiger partial charge < -0.3 is 5.32 Å². The lowest BCUT2D eigenvalue weighted by molar-refractivity contribution is 0.399. The highest BCUT2D eigenvalue weighted by Crippen LogP contribution is 2.60. The van der Waals surface area contributed by atoms with E-state index in [9.17, 15) is 0 Å². The van der Waals surface area contributed by atoms with Crippen molar-refractivity contribution in [2.45, 2.75) is 52.6 Å². The van der Waals surface area contributed by atoms with E-state index in [1.165, 1.54) is 42.4 Å². The van der Waals surface area contributed by atoms with Crippen LogP contribution in [-0.2, 0) is 13.1 Å². The van der Waals surface area contributed by atoms with Crippen LogP contribution in [-0.4, -0.2) is 16.3 Å². The molecule has 0 spiro atoms. The number of nitrogens with zero attached hydrogens (tertiary/aromatic N) is 2. The number of nitrogens with one attached hydrogen (secondary N) is 1. The van der Waals surface area contributed by atoms with Gasteiger partial charge in [-0.05, 0) is 66.8 Å². The Morgan fingerprint density at radius 2 is 2.17 bits per heavy atom. The van der Waals surface area contributed by atoms with Gasteiger partial charge in [-0.25, -0.2) is 0 Å². The third kappa shape index (κ3) is 2.25. The van der Waals surface area contributed by atoms with E-state index in [2.05, 4.69) is 44.9 Å². The molecule has 100 valence electrons. The first-order valence-electron chi connectivity index (χ1n) is 7.09. The first-order chi connectivity index (χ1) is 8.66. The fraction of sp³-hybridized carbons (Fsp3) is 0.786. The van der Waals surface area contributed by atoms with E-state index in [0.29, 0.717) is 5.41 Å². The number of hydrogen-bond donors (Lipinski definition) is 1. The van der Waals surface area contributed by atoms with Crippen molar-refractivity contribution in [3.05, 3.63) is 15.9 Å². The molecule has 2 fully saturated rings. The first-order valence-corrected chi connectivity index (χ1v) is 7.88. The van der Waals surface area contributed by atoms with Gasteiger partial charge in [0.05, 0.1) is 15.9 Å². The molecule has 0 aromatic carbocycles. The van der Waals surface area contributed by atoms with Crippen LogP contribution in [0.4, 0.5) is 0 Å². The van der Waals surface area contributed by atoms with E-state index in [1.807, 2.05) is 0 Å². The fourth-order valence-corrected chi connectivity index (χ4v) is 3.48. The minimum absolute atomic E-state index is 0.679. The van der Waals surface area contributed by atoms with Crippen molar-refractivity contribution in [1.82, 2.24) is 15.1 Å². The Hall–Kier alpha value is -0.350. The van der Waals surface area contributed by atoms with E-state index in [0.717, 1.165) is 24.7 Å². The highest BCUT2D eigenvalue weighted by molar-refractivity contribution is 9.10. The van der Waals surface area contributed by atoms with Crippen LogP contribution in [0.2, 0.25) is 0 Å². The second-order valence-corrected chi connectivity index (χ2v) is 6.70. The predicted octanol–water partition coefficient (Wildman–Crippen LogP) is 3.25. The number of aromatic nitrogens is 2. The molecule has 0 radical (unpaired) electrons. The van der Waals surface area contributed by atoms with Crippen molar-refractivity contribution in [2.75, 3.05) is 6.54 Å². The zero-order chi connectivity index (χ0) is 12.8.